The lowest BCUT2D eigenvalue weighted by molar-refractivity contribution is -0.139. The zero-order valence-corrected chi connectivity index (χ0v) is 23.3. The second-order valence-electron chi connectivity index (χ2n) is 10.7. The third-order valence-corrected chi connectivity index (χ3v) is 8.08. The number of hydrogen-bond donors (Lipinski definition) is 1. The molecule has 1 N–H and O–H groups in total. The lowest BCUT2D eigenvalue weighted by atomic mass is 9.96. The van der Waals surface area contributed by atoms with Gasteiger partial charge >= 0.3 is 12.1 Å². The van der Waals surface area contributed by atoms with E-state index in [0.717, 1.165) is 24.6 Å². The average molecular weight is 622 g/mol. The second kappa shape index (κ2) is 11.4. The summed E-state index contributed by atoms with van der Waals surface area (Å²) in [5.74, 6) is -2.66. The SMILES string of the molecule is O=C(O)c1ccc2nc(CN3CCc4cc(C(F)(F)F)c(OCc5cc(F)c(Cl)cc5F)cc4C3)n(C[C@@H]3CCO3)c2c1. The number of nitrogens with zero attached hydrogens (tertiary/aromatic N) is 3. The first-order valence-corrected chi connectivity index (χ1v) is 13.9. The first-order chi connectivity index (χ1) is 20.5. The van der Waals surface area contributed by atoms with Gasteiger partial charge in [-0.1, -0.05) is 11.6 Å². The number of imidazole rings is 1. The van der Waals surface area contributed by atoms with Crippen molar-refractivity contribution in [1.29, 1.82) is 0 Å². The summed E-state index contributed by atoms with van der Waals surface area (Å²) < 4.78 is 83.0. The molecule has 0 amide bonds. The molecule has 0 unspecified atom stereocenters. The van der Waals surface area contributed by atoms with Crippen molar-refractivity contribution in [2.75, 3.05) is 13.2 Å². The number of aromatic carboxylic acids is 1. The molecular weight excluding hydrogens is 597 g/mol. The Labute approximate surface area is 247 Å². The number of carbonyl (C=O) groups is 1. The van der Waals surface area contributed by atoms with E-state index in [-0.39, 0.29) is 23.8 Å². The number of benzene rings is 3. The van der Waals surface area contributed by atoms with Crippen LogP contribution < -0.4 is 4.74 Å². The number of alkyl halides is 3. The molecular formula is C30H25ClF5N3O4. The molecule has 4 aromatic rings. The Hall–Kier alpha value is -3.74. The summed E-state index contributed by atoms with van der Waals surface area (Å²) in [6.07, 6.45) is -3.54. The minimum absolute atomic E-state index is 0.0221. The lowest BCUT2D eigenvalue weighted by Gasteiger charge is -2.31. The number of aromatic nitrogens is 2. The van der Waals surface area contributed by atoms with Gasteiger partial charge in [0.05, 0.1) is 46.4 Å². The van der Waals surface area contributed by atoms with Crippen LogP contribution in [0.25, 0.3) is 11.0 Å². The predicted molar refractivity (Wildman–Crippen MR) is 146 cm³/mol. The maximum absolute atomic E-state index is 14.3. The summed E-state index contributed by atoms with van der Waals surface area (Å²) in [5.41, 5.74) is 1.29. The summed E-state index contributed by atoms with van der Waals surface area (Å²) >= 11 is 5.58. The van der Waals surface area contributed by atoms with E-state index < -0.39 is 46.7 Å². The molecule has 7 nitrogen and oxygen atoms in total. The summed E-state index contributed by atoms with van der Waals surface area (Å²) in [6.45, 7) is 1.63. The van der Waals surface area contributed by atoms with E-state index in [2.05, 4.69) is 0 Å². The molecule has 2 aliphatic heterocycles. The Morgan fingerprint density at radius 3 is 2.60 bits per heavy atom. The van der Waals surface area contributed by atoms with E-state index in [0.29, 0.717) is 60.6 Å². The Balaban J connectivity index is 1.27. The third kappa shape index (κ3) is 6.04. The molecule has 1 atom stereocenters. The number of rotatable bonds is 8. The first-order valence-electron chi connectivity index (χ1n) is 13.5. The van der Waals surface area contributed by atoms with Gasteiger partial charge in [-0.3, -0.25) is 4.90 Å². The molecule has 0 radical (unpaired) electrons. The number of carboxylic acids is 1. The summed E-state index contributed by atoms with van der Waals surface area (Å²) in [4.78, 5) is 18.4. The Kier molecular flexibility index (Phi) is 7.78. The van der Waals surface area contributed by atoms with Crippen LogP contribution in [0, 0.1) is 11.6 Å². The molecule has 3 heterocycles. The highest BCUT2D eigenvalue weighted by Crippen LogP contribution is 2.40. The molecule has 43 heavy (non-hydrogen) atoms. The van der Waals surface area contributed by atoms with Gasteiger partial charge in [0.25, 0.3) is 0 Å². The minimum atomic E-state index is -4.73. The van der Waals surface area contributed by atoms with E-state index in [1.165, 1.54) is 12.1 Å². The maximum Gasteiger partial charge on any atom is 0.419 e. The van der Waals surface area contributed by atoms with Gasteiger partial charge in [0.2, 0.25) is 0 Å². The largest absolute Gasteiger partial charge is 0.488 e. The molecule has 0 spiro atoms. The zero-order chi connectivity index (χ0) is 30.5. The van der Waals surface area contributed by atoms with Gasteiger partial charge in [0.1, 0.15) is 29.8 Å². The zero-order valence-electron chi connectivity index (χ0n) is 22.6. The van der Waals surface area contributed by atoms with Gasteiger partial charge < -0.3 is 19.1 Å². The number of carboxylic acid groups (broad SMARTS) is 1. The van der Waals surface area contributed by atoms with Gasteiger partial charge in [-0.2, -0.15) is 13.2 Å². The fourth-order valence-electron chi connectivity index (χ4n) is 5.41. The standard InChI is InChI=1S/C30H25ClF5N3O4/c31-22-11-23(32)19(8-24(22)33)15-43-27-10-18-12-38(5-3-16(18)7-21(27)30(34,35)36)14-28-37-25-2-1-17(29(40)41)9-26(25)39(28)13-20-4-6-42-20/h1-2,7-11,20H,3-6,12-15H2,(H,40,41)/t20-/m0/s1. The molecule has 0 saturated carbocycles. The van der Waals surface area contributed by atoms with Crippen LogP contribution in [0.15, 0.2) is 42.5 Å². The highest BCUT2D eigenvalue weighted by molar-refractivity contribution is 6.30. The van der Waals surface area contributed by atoms with Crippen molar-refractivity contribution in [2.24, 2.45) is 0 Å². The van der Waals surface area contributed by atoms with Crippen molar-refractivity contribution in [3.63, 3.8) is 0 Å². The molecule has 13 heteroatoms. The molecule has 0 bridgehead atoms. The Morgan fingerprint density at radius 1 is 1.12 bits per heavy atom. The quantitative estimate of drug-likeness (QED) is 0.176. The van der Waals surface area contributed by atoms with Crippen LogP contribution in [0.5, 0.6) is 5.75 Å². The Bertz CT molecular complexity index is 1720. The Morgan fingerprint density at radius 2 is 1.91 bits per heavy atom. The predicted octanol–water partition coefficient (Wildman–Crippen LogP) is 6.61. The lowest BCUT2D eigenvalue weighted by Crippen LogP contribution is -2.34. The maximum atomic E-state index is 14.3. The second-order valence-corrected chi connectivity index (χ2v) is 11.1. The first kappa shape index (κ1) is 29.3. The third-order valence-electron chi connectivity index (χ3n) is 7.79. The highest BCUT2D eigenvalue weighted by Gasteiger charge is 2.36. The van der Waals surface area contributed by atoms with Crippen molar-refractivity contribution >= 4 is 28.6 Å². The van der Waals surface area contributed by atoms with Crippen molar-refractivity contribution in [3.05, 3.63) is 92.8 Å². The molecule has 2 aliphatic rings. The minimum Gasteiger partial charge on any atom is -0.488 e. The van der Waals surface area contributed by atoms with Crippen LogP contribution in [-0.2, 0) is 43.6 Å². The summed E-state index contributed by atoms with van der Waals surface area (Å²) in [5, 5.41) is 9.04. The van der Waals surface area contributed by atoms with E-state index in [9.17, 15) is 31.9 Å². The number of hydrogen-bond acceptors (Lipinski definition) is 5. The number of halogens is 6. The van der Waals surface area contributed by atoms with Crippen LogP contribution in [0.4, 0.5) is 22.0 Å². The monoisotopic (exact) mass is 621 g/mol. The van der Waals surface area contributed by atoms with Crippen LogP contribution in [0.2, 0.25) is 5.02 Å². The van der Waals surface area contributed by atoms with Crippen LogP contribution >= 0.6 is 11.6 Å². The fraction of sp³-hybridized carbons (Fsp3) is 0.333. The van der Waals surface area contributed by atoms with E-state index >= 15 is 0 Å². The normalized spacial score (nSPS) is 17.1. The topological polar surface area (TPSA) is 76.8 Å². The molecule has 3 aromatic carbocycles. The molecule has 1 aromatic heterocycles. The number of fused-ring (bicyclic) bond motifs is 2. The van der Waals surface area contributed by atoms with E-state index in [1.807, 2.05) is 9.47 Å². The van der Waals surface area contributed by atoms with Crippen molar-refractivity contribution in [1.82, 2.24) is 14.5 Å². The average Bonchev–Trinajstić information content (AvgIpc) is 3.26. The smallest absolute Gasteiger partial charge is 0.419 e. The molecule has 0 aliphatic carbocycles. The van der Waals surface area contributed by atoms with E-state index in [1.54, 1.807) is 12.1 Å². The van der Waals surface area contributed by atoms with Gasteiger partial charge in [-0.05, 0) is 66.4 Å². The van der Waals surface area contributed by atoms with Gasteiger partial charge in [-0.25, -0.2) is 18.6 Å². The van der Waals surface area contributed by atoms with Crippen molar-refractivity contribution in [3.8, 4) is 5.75 Å². The highest BCUT2D eigenvalue weighted by atomic mass is 35.5. The van der Waals surface area contributed by atoms with Crippen LogP contribution in [0.3, 0.4) is 0 Å². The van der Waals surface area contributed by atoms with Crippen molar-refractivity contribution < 1.29 is 41.3 Å². The molecule has 1 fully saturated rings. The number of ether oxygens (including phenoxy) is 2. The van der Waals surface area contributed by atoms with E-state index in [4.69, 9.17) is 26.1 Å². The summed E-state index contributed by atoms with van der Waals surface area (Å²) in [7, 11) is 0. The molecule has 6 rings (SSSR count). The van der Waals surface area contributed by atoms with Crippen LogP contribution in [0.1, 0.15) is 44.9 Å². The van der Waals surface area contributed by atoms with Gasteiger partial charge in [0, 0.05) is 25.3 Å². The van der Waals surface area contributed by atoms with Gasteiger partial charge in [-0.15, -0.1) is 0 Å². The van der Waals surface area contributed by atoms with Crippen LogP contribution in [-0.4, -0.2) is 44.8 Å². The van der Waals surface area contributed by atoms with Gasteiger partial charge in [0.15, 0.2) is 0 Å². The summed E-state index contributed by atoms with van der Waals surface area (Å²) in [6, 6.07) is 8.63. The van der Waals surface area contributed by atoms with Crippen molar-refractivity contribution in [2.45, 2.75) is 51.4 Å². The molecule has 1 saturated heterocycles. The molecule has 226 valence electrons. The fourth-order valence-corrected chi connectivity index (χ4v) is 5.56.